The molecule has 1 amide bonds. The first-order chi connectivity index (χ1) is 8.43. The molecule has 4 nitrogen and oxygen atoms in total. The van der Waals surface area contributed by atoms with E-state index < -0.39 is 0 Å². The Morgan fingerprint density at radius 2 is 1.56 bits per heavy atom. The molecule has 1 aromatic carbocycles. The predicted molar refractivity (Wildman–Crippen MR) is 71.6 cm³/mol. The van der Waals surface area contributed by atoms with Gasteiger partial charge in [-0.1, -0.05) is 18.2 Å². The van der Waals surface area contributed by atoms with E-state index in [9.17, 15) is 9.59 Å². The first-order valence-corrected chi connectivity index (χ1v) is 5.63. The van der Waals surface area contributed by atoms with Gasteiger partial charge in [-0.2, -0.15) is 0 Å². The Morgan fingerprint density at radius 3 is 2.06 bits per heavy atom. The zero-order chi connectivity index (χ0) is 13.7. The number of ketones is 1. The molecule has 1 aromatic rings. The van der Waals surface area contributed by atoms with Gasteiger partial charge in [0.1, 0.15) is 0 Å². The van der Waals surface area contributed by atoms with E-state index in [2.05, 4.69) is 0 Å². The fourth-order valence-corrected chi connectivity index (χ4v) is 1.43. The second-order valence-corrected chi connectivity index (χ2v) is 4.39. The van der Waals surface area contributed by atoms with Crippen molar-refractivity contribution in [2.75, 3.05) is 28.2 Å². The smallest absolute Gasteiger partial charge is 0.254 e. The van der Waals surface area contributed by atoms with Crippen molar-refractivity contribution < 1.29 is 9.59 Å². The average Bonchev–Trinajstić information content (AvgIpc) is 2.34. The molecule has 18 heavy (non-hydrogen) atoms. The van der Waals surface area contributed by atoms with Crippen LogP contribution in [-0.2, 0) is 0 Å². The van der Waals surface area contributed by atoms with Crippen molar-refractivity contribution in [3.8, 4) is 0 Å². The summed E-state index contributed by atoms with van der Waals surface area (Å²) in [5.41, 5.74) is 0.852. The average molecular weight is 246 g/mol. The molecular formula is C14H18N2O2. The highest BCUT2D eigenvalue weighted by atomic mass is 16.2. The highest BCUT2D eigenvalue weighted by Gasteiger charge is 2.16. The number of allylic oxidation sites excluding steroid dienone is 1. The Hall–Kier alpha value is -2.10. The maximum atomic E-state index is 12.0. The Kier molecular flexibility index (Phi) is 4.66. The number of amides is 1. The number of nitrogens with zero attached hydrogens (tertiary/aromatic N) is 2. The van der Waals surface area contributed by atoms with E-state index in [-0.39, 0.29) is 11.7 Å². The molecule has 0 heterocycles. The molecule has 0 aliphatic carbocycles. The van der Waals surface area contributed by atoms with Gasteiger partial charge in [-0.25, -0.2) is 0 Å². The fourth-order valence-electron chi connectivity index (χ4n) is 1.43. The second-order valence-electron chi connectivity index (χ2n) is 4.39. The van der Waals surface area contributed by atoms with Gasteiger partial charge in [0.05, 0.1) is 5.56 Å². The van der Waals surface area contributed by atoms with Crippen molar-refractivity contribution in [2.24, 2.45) is 0 Å². The van der Waals surface area contributed by atoms with Crippen molar-refractivity contribution in [3.05, 3.63) is 47.7 Å². The normalized spacial score (nSPS) is 10.4. The molecule has 0 spiro atoms. The van der Waals surface area contributed by atoms with E-state index in [4.69, 9.17) is 0 Å². The van der Waals surface area contributed by atoms with Crippen LogP contribution in [-0.4, -0.2) is 49.7 Å². The second kappa shape index (κ2) is 6.00. The molecule has 0 saturated heterocycles. The molecule has 0 bridgehead atoms. The van der Waals surface area contributed by atoms with Crippen LogP contribution in [0, 0.1) is 0 Å². The van der Waals surface area contributed by atoms with Gasteiger partial charge in [0.15, 0.2) is 5.78 Å². The maximum Gasteiger partial charge on any atom is 0.254 e. The summed E-state index contributed by atoms with van der Waals surface area (Å²) in [6.07, 6.45) is 3.13. The minimum absolute atomic E-state index is 0.169. The lowest BCUT2D eigenvalue weighted by Crippen LogP contribution is -2.23. The van der Waals surface area contributed by atoms with Gasteiger partial charge in [-0.05, 0) is 6.07 Å². The van der Waals surface area contributed by atoms with E-state index in [1.807, 2.05) is 14.1 Å². The molecule has 4 heteroatoms. The number of rotatable bonds is 4. The fraction of sp³-hybridized carbons (Fsp3) is 0.286. The lowest BCUT2D eigenvalue weighted by Gasteiger charge is -2.12. The standard InChI is InChI=1S/C14H18N2O2/c1-15(2)10-9-13(17)11-7-5-6-8-12(11)14(18)16(3)4/h5-10H,1-4H3. The molecule has 96 valence electrons. The van der Waals surface area contributed by atoms with Gasteiger partial charge in [-0.15, -0.1) is 0 Å². The minimum Gasteiger partial charge on any atom is -0.383 e. The van der Waals surface area contributed by atoms with Crippen LogP contribution in [0.3, 0.4) is 0 Å². The Labute approximate surface area is 108 Å². The van der Waals surface area contributed by atoms with Gasteiger partial charge in [0, 0.05) is 46.0 Å². The minimum atomic E-state index is -0.172. The Morgan fingerprint density at radius 1 is 1.00 bits per heavy atom. The van der Waals surface area contributed by atoms with Gasteiger partial charge in [0.25, 0.3) is 5.91 Å². The first-order valence-electron chi connectivity index (χ1n) is 5.63. The summed E-state index contributed by atoms with van der Waals surface area (Å²) in [5, 5.41) is 0. The summed E-state index contributed by atoms with van der Waals surface area (Å²) in [6.45, 7) is 0. The van der Waals surface area contributed by atoms with Gasteiger partial charge in [0.2, 0.25) is 0 Å². The zero-order valence-corrected chi connectivity index (χ0v) is 11.2. The molecule has 0 saturated carbocycles. The topological polar surface area (TPSA) is 40.6 Å². The number of carbonyl (C=O) groups is 2. The van der Waals surface area contributed by atoms with Crippen molar-refractivity contribution in [2.45, 2.75) is 0 Å². The van der Waals surface area contributed by atoms with Gasteiger partial charge in [-0.3, -0.25) is 9.59 Å². The largest absolute Gasteiger partial charge is 0.383 e. The highest BCUT2D eigenvalue weighted by molar-refractivity contribution is 6.12. The van der Waals surface area contributed by atoms with Crippen molar-refractivity contribution in [3.63, 3.8) is 0 Å². The van der Waals surface area contributed by atoms with Crippen LogP contribution in [0.4, 0.5) is 0 Å². The molecule has 0 aliphatic rings. The molecule has 1 rings (SSSR count). The summed E-state index contributed by atoms with van der Waals surface area (Å²) in [6, 6.07) is 6.84. The Balaban J connectivity index is 3.10. The SMILES string of the molecule is CN(C)C=CC(=O)c1ccccc1C(=O)N(C)C. The molecule has 0 aromatic heterocycles. The summed E-state index contributed by atoms with van der Waals surface area (Å²) < 4.78 is 0. The summed E-state index contributed by atoms with van der Waals surface area (Å²) in [5.74, 6) is -0.341. The molecule has 0 unspecified atom stereocenters. The molecule has 0 atom stereocenters. The molecule has 0 N–H and O–H groups in total. The number of hydrogen-bond acceptors (Lipinski definition) is 3. The van der Waals surface area contributed by atoms with Crippen molar-refractivity contribution in [1.82, 2.24) is 9.80 Å². The van der Waals surface area contributed by atoms with Crippen LogP contribution < -0.4 is 0 Å². The van der Waals surface area contributed by atoms with Gasteiger partial charge >= 0.3 is 0 Å². The monoisotopic (exact) mass is 246 g/mol. The summed E-state index contributed by atoms with van der Waals surface area (Å²) in [7, 11) is 7.00. The zero-order valence-electron chi connectivity index (χ0n) is 11.2. The number of hydrogen-bond donors (Lipinski definition) is 0. The van der Waals surface area contributed by atoms with E-state index in [1.165, 1.54) is 11.0 Å². The summed E-state index contributed by atoms with van der Waals surface area (Å²) in [4.78, 5) is 27.2. The summed E-state index contributed by atoms with van der Waals surface area (Å²) >= 11 is 0. The van der Waals surface area contributed by atoms with E-state index in [1.54, 1.807) is 49.5 Å². The Bertz CT molecular complexity index is 476. The molecule has 0 radical (unpaired) electrons. The van der Waals surface area contributed by atoms with Crippen LogP contribution in [0.15, 0.2) is 36.5 Å². The van der Waals surface area contributed by atoms with Crippen molar-refractivity contribution >= 4 is 11.7 Å². The predicted octanol–water partition coefficient (Wildman–Crippen LogP) is 1.65. The molecular weight excluding hydrogens is 228 g/mol. The molecule has 0 fully saturated rings. The maximum absolute atomic E-state index is 12.0. The third kappa shape index (κ3) is 3.45. The quantitative estimate of drug-likeness (QED) is 0.599. The van der Waals surface area contributed by atoms with Crippen LogP contribution in [0.2, 0.25) is 0 Å². The van der Waals surface area contributed by atoms with E-state index in [0.717, 1.165) is 0 Å². The molecule has 0 aliphatic heterocycles. The number of benzene rings is 1. The van der Waals surface area contributed by atoms with E-state index >= 15 is 0 Å². The third-order valence-corrected chi connectivity index (χ3v) is 2.35. The van der Waals surface area contributed by atoms with Crippen LogP contribution >= 0.6 is 0 Å². The van der Waals surface area contributed by atoms with E-state index in [0.29, 0.717) is 11.1 Å². The van der Waals surface area contributed by atoms with Crippen LogP contribution in [0.1, 0.15) is 20.7 Å². The first kappa shape index (κ1) is 14.0. The number of carbonyl (C=O) groups excluding carboxylic acids is 2. The highest BCUT2D eigenvalue weighted by Crippen LogP contribution is 2.12. The lowest BCUT2D eigenvalue weighted by atomic mass is 10.0. The third-order valence-electron chi connectivity index (χ3n) is 2.35. The van der Waals surface area contributed by atoms with Crippen molar-refractivity contribution in [1.29, 1.82) is 0 Å². The van der Waals surface area contributed by atoms with Crippen LogP contribution in [0.5, 0.6) is 0 Å². The van der Waals surface area contributed by atoms with Gasteiger partial charge < -0.3 is 9.80 Å². The lowest BCUT2D eigenvalue weighted by molar-refractivity contribution is 0.0822. The van der Waals surface area contributed by atoms with Crippen LogP contribution in [0.25, 0.3) is 0 Å².